The van der Waals surface area contributed by atoms with E-state index in [0.717, 1.165) is 17.5 Å². The lowest BCUT2D eigenvalue weighted by Crippen LogP contribution is -2.43. The van der Waals surface area contributed by atoms with Crippen molar-refractivity contribution in [2.75, 3.05) is 7.05 Å². The number of benzene rings is 1. The molecule has 4 heteroatoms. The fourth-order valence-electron chi connectivity index (χ4n) is 1.75. The van der Waals surface area contributed by atoms with Crippen LogP contribution in [0.25, 0.3) is 17.2 Å². The van der Waals surface area contributed by atoms with Crippen LogP contribution in [0.2, 0.25) is 0 Å². The molecule has 106 valence electrons. The fourth-order valence-corrected chi connectivity index (χ4v) is 1.75. The van der Waals surface area contributed by atoms with Gasteiger partial charge in [-0.2, -0.15) is 0 Å². The van der Waals surface area contributed by atoms with Crippen molar-refractivity contribution >= 4 is 23.1 Å². The lowest BCUT2D eigenvalue weighted by Gasteiger charge is -2.34. The van der Waals surface area contributed by atoms with Gasteiger partial charge in [0.1, 0.15) is 5.52 Å². The molecule has 0 bridgehead atoms. The molecule has 1 amide bonds. The Bertz CT molecular complexity index is 608. The van der Waals surface area contributed by atoms with Gasteiger partial charge in [0.05, 0.1) is 0 Å². The van der Waals surface area contributed by atoms with Gasteiger partial charge in [-0.3, -0.25) is 4.79 Å². The molecule has 1 aromatic heterocycles. The molecule has 0 N–H and O–H groups in total. The van der Waals surface area contributed by atoms with Crippen LogP contribution in [0.1, 0.15) is 33.1 Å². The highest BCUT2D eigenvalue weighted by atomic mass is 16.3. The van der Waals surface area contributed by atoms with E-state index in [1.54, 1.807) is 11.0 Å². The van der Waals surface area contributed by atoms with E-state index in [9.17, 15) is 4.79 Å². The van der Waals surface area contributed by atoms with E-state index in [1.165, 1.54) is 6.08 Å². The SMILES string of the molecule is CCC(C)(C)N(C)C(=O)/C=C\c1nc2ccccc2o1. The summed E-state index contributed by atoms with van der Waals surface area (Å²) in [5.41, 5.74) is 1.35. The number of rotatable bonds is 4. The van der Waals surface area contributed by atoms with Crippen molar-refractivity contribution < 1.29 is 9.21 Å². The predicted octanol–water partition coefficient (Wildman–Crippen LogP) is 3.49. The molecule has 0 aliphatic heterocycles. The van der Waals surface area contributed by atoms with Crippen molar-refractivity contribution in [2.24, 2.45) is 0 Å². The van der Waals surface area contributed by atoms with Crippen LogP contribution in [0, 0.1) is 0 Å². The number of amides is 1. The maximum absolute atomic E-state index is 12.1. The molecule has 2 aromatic rings. The molecule has 0 spiro atoms. The number of hydrogen-bond donors (Lipinski definition) is 0. The average molecular weight is 272 g/mol. The summed E-state index contributed by atoms with van der Waals surface area (Å²) in [5, 5.41) is 0. The van der Waals surface area contributed by atoms with Gasteiger partial charge in [0.25, 0.3) is 0 Å². The Hall–Kier alpha value is -2.10. The van der Waals surface area contributed by atoms with E-state index < -0.39 is 0 Å². The zero-order valence-corrected chi connectivity index (χ0v) is 12.4. The highest BCUT2D eigenvalue weighted by molar-refractivity contribution is 5.91. The van der Waals surface area contributed by atoms with Crippen molar-refractivity contribution in [3.63, 3.8) is 0 Å². The summed E-state index contributed by atoms with van der Waals surface area (Å²) in [6.07, 6.45) is 4.01. The molecule has 2 rings (SSSR count). The van der Waals surface area contributed by atoms with Crippen molar-refractivity contribution in [1.29, 1.82) is 0 Å². The first-order valence-electron chi connectivity index (χ1n) is 6.75. The Balaban J connectivity index is 2.14. The second-order valence-corrected chi connectivity index (χ2v) is 5.42. The summed E-state index contributed by atoms with van der Waals surface area (Å²) in [5.74, 6) is 0.390. The fraction of sp³-hybridized carbons (Fsp3) is 0.375. The Kier molecular flexibility index (Phi) is 3.93. The first-order chi connectivity index (χ1) is 9.44. The molecule has 20 heavy (non-hydrogen) atoms. The summed E-state index contributed by atoms with van der Waals surface area (Å²) >= 11 is 0. The van der Waals surface area contributed by atoms with Crippen LogP contribution in [0.5, 0.6) is 0 Å². The van der Waals surface area contributed by atoms with Gasteiger partial charge in [0.15, 0.2) is 5.58 Å². The number of carbonyl (C=O) groups excluding carboxylic acids is 1. The Morgan fingerprint density at radius 2 is 2.10 bits per heavy atom. The highest BCUT2D eigenvalue weighted by Crippen LogP contribution is 2.18. The van der Waals surface area contributed by atoms with Crippen molar-refractivity contribution in [3.8, 4) is 0 Å². The van der Waals surface area contributed by atoms with Gasteiger partial charge in [0.2, 0.25) is 11.8 Å². The minimum absolute atomic E-state index is 0.0564. The van der Waals surface area contributed by atoms with Gasteiger partial charge in [-0.25, -0.2) is 4.98 Å². The molecule has 0 saturated carbocycles. The van der Waals surface area contributed by atoms with Gasteiger partial charge in [0, 0.05) is 24.7 Å². The first kappa shape index (κ1) is 14.3. The molecule has 0 aliphatic carbocycles. The van der Waals surface area contributed by atoms with Crippen LogP contribution in [0.4, 0.5) is 0 Å². The molecule has 0 aliphatic rings. The van der Waals surface area contributed by atoms with Crippen LogP contribution in [0.15, 0.2) is 34.8 Å². The topological polar surface area (TPSA) is 46.3 Å². The van der Waals surface area contributed by atoms with E-state index in [-0.39, 0.29) is 11.4 Å². The molecule has 4 nitrogen and oxygen atoms in total. The summed E-state index contributed by atoms with van der Waals surface area (Å²) in [4.78, 5) is 18.1. The summed E-state index contributed by atoms with van der Waals surface area (Å²) < 4.78 is 5.54. The lowest BCUT2D eigenvalue weighted by molar-refractivity contribution is -0.129. The number of hydrogen-bond acceptors (Lipinski definition) is 3. The van der Waals surface area contributed by atoms with Gasteiger partial charge >= 0.3 is 0 Å². The number of para-hydroxylation sites is 2. The zero-order chi connectivity index (χ0) is 14.8. The normalized spacial score (nSPS) is 12.2. The Morgan fingerprint density at radius 1 is 1.40 bits per heavy atom. The van der Waals surface area contributed by atoms with E-state index in [0.29, 0.717) is 5.89 Å². The molecular weight excluding hydrogens is 252 g/mol. The van der Waals surface area contributed by atoms with Crippen LogP contribution in [-0.4, -0.2) is 28.4 Å². The summed E-state index contributed by atoms with van der Waals surface area (Å²) in [6.45, 7) is 6.14. The molecule has 0 radical (unpaired) electrons. The first-order valence-corrected chi connectivity index (χ1v) is 6.75. The van der Waals surface area contributed by atoms with E-state index in [1.807, 2.05) is 45.2 Å². The number of aromatic nitrogens is 1. The largest absolute Gasteiger partial charge is 0.437 e. The third-order valence-corrected chi connectivity index (χ3v) is 3.78. The number of likely N-dealkylation sites (N-methyl/N-ethyl adjacent to an activating group) is 1. The van der Waals surface area contributed by atoms with Gasteiger partial charge in [-0.15, -0.1) is 0 Å². The summed E-state index contributed by atoms with van der Waals surface area (Å²) in [7, 11) is 1.81. The standard InChI is InChI=1S/C16H20N2O2/c1-5-16(2,3)18(4)15(19)11-10-14-17-12-8-6-7-9-13(12)20-14/h6-11H,5H2,1-4H3/b11-10-. The maximum atomic E-state index is 12.1. The zero-order valence-electron chi connectivity index (χ0n) is 12.4. The van der Waals surface area contributed by atoms with Gasteiger partial charge in [-0.05, 0) is 32.4 Å². The van der Waals surface area contributed by atoms with Crippen LogP contribution < -0.4 is 0 Å². The van der Waals surface area contributed by atoms with E-state index >= 15 is 0 Å². The molecule has 1 aromatic carbocycles. The van der Waals surface area contributed by atoms with Crippen LogP contribution in [-0.2, 0) is 4.79 Å². The number of fused-ring (bicyclic) bond motifs is 1. The third-order valence-electron chi connectivity index (χ3n) is 3.78. The molecule has 1 heterocycles. The van der Waals surface area contributed by atoms with E-state index in [2.05, 4.69) is 11.9 Å². The molecule has 0 fully saturated rings. The van der Waals surface area contributed by atoms with E-state index in [4.69, 9.17) is 4.42 Å². The number of nitrogens with zero attached hydrogens (tertiary/aromatic N) is 2. The molecular formula is C16H20N2O2. The Labute approximate surface area is 119 Å². The second-order valence-electron chi connectivity index (χ2n) is 5.42. The molecule has 0 atom stereocenters. The lowest BCUT2D eigenvalue weighted by atomic mass is 10.00. The Morgan fingerprint density at radius 3 is 2.75 bits per heavy atom. The van der Waals surface area contributed by atoms with Crippen molar-refractivity contribution in [3.05, 3.63) is 36.2 Å². The van der Waals surface area contributed by atoms with Crippen LogP contribution in [0.3, 0.4) is 0 Å². The van der Waals surface area contributed by atoms with Crippen molar-refractivity contribution in [1.82, 2.24) is 9.88 Å². The van der Waals surface area contributed by atoms with Crippen molar-refractivity contribution in [2.45, 2.75) is 32.7 Å². The van der Waals surface area contributed by atoms with Gasteiger partial charge < -0.3 is 9.32 Å². The maximum Gasteiger partial charge on any atom is 0.246 e. The highest BCUT2D eigenvalue weighted by Gasteiger charge is 2.23. The van der Waals surface area contributed by atoms with Gasteiger partial charge in [-0.1, -0.05) is 19.1 Å². The third kappa shape index (κ3) is 2.90. The minimum Gasteiger partial charge on any atom is -0.437 e. The monoisotopic (exact) mass is 272 g/mol. The molecule has 0 unspecified atom stereocenters. The number of carbonyl (C=O) groups is 1. The molecule has 0 saturated heterocycles. The average Bonchev–Trinajstić information content (AvgIpc) is 2.86. The minimum atomic E-state index is -0.164. The summed E-state index contributed by atoms with van der Waals surface area (Å²) in [6, 6.07) is 7.53. The number of oxazole rings is 1. The smallest absolute Gasteiger partial charge is 0.246 e. The second kappa shape index (κ2) is 5.49. The predicted molar refractivity (Wildman–Crippen MR) is 80.2 cm³/mol. The van der Waals surface area contributed by atoms with Crippen LogP contribution >= 0.6 is 0 Å². The quantitative estimate of drug-likeness (QED) is 0.800.